The predicted octanol–water partition coefficient (Wildman–Crippen LogP) is 17.4. The molecule has 384 valence electrons. The Bertz CT molecular complexity index is 1390. The minimum atomic E-state index is 0.299. The topological polar surface area (TPSA) is 131 Å². The fraction of sp³-hybridized carbons (Fsp3) is 0.582. The van der Waals surface area contributed by atoms with E-state index in [4.69, 9.17) is 0 Å². The minimum absolute atomic E-state index is 0.299. The van der Waals surface area contributed by atoms with Crippen LogP contribution >= 0.6 is 0 Å². The van der Waals surface area contributed by atoms with Crippen molar-refractivity contribution in [2.75, 3.05) is 11.9 Å². The first kappa shape index (κ1) is 84.3. The predicted molar refractivity (Wildman–Crippen MR) is 305 cm³/mol. The van der Waals surface area contributed by atoms with E-state index in [9.17, 15) is 0 Å². The molecule has 0 bridgehead atoms. The average molecular weight is 925 g/mol. The molecule has 3 aliphatic rings. The fourth-order valence-electron chi connectivity index (χ4n) is 3.61. The quantitative estimate of drug-likeness (QED) is 0.186. The van der Waals surface area contributed by atoms with Crippen LogP contribution in [0.4, 0.5) is 5.69 Å². The van der Waals surface area contributed by atoms with Gasteiger partial charge in [0.25, 0.3) is 0 Å². The summed E-state index contributed by atoms with van der Waals surface area (Å²) in [5, 5.41) is 7.12. The van der Waals surface area contributed by atoms with Crippen molar-refractivity contribution in [3.63, 3.8) is 0 Å². The summed E-state index contributed by atoms with van der Waals surface area (Å²) >= 11 is 0. The zero-order valence-electron chi connectivity index (χ0n) is 48.7. The highest BCUT2D eigenvalue weighted by Gasteiger charge is 2.10. The second-order valence-corrected chi connectivity index (χ2v) is 9.41. The van der Waals surface area contributed by atoms with Gasteiger partial charge in [0.2, 0.25) is 0 Å². The molecule has 66 heavy (non-hydrogen) atoms. The Kier molecular flexibility index (Phi) is 106. The molecule has 0 aliphatic carbocycles. The zero-order valence-corrected chi connectivity index (χ0v) is 48.7. The average Bonchev–Trinajstić information content (AvgIpc) is 4.25. The molecule has 7 rings (SSSR count). The Balaban J connectivity index is -0.0000000665. The standard InChI is InChI=1S/C9H10N2.C6H9N3.C5H9N3.C5H5N.2C4H5N.11C2H6/c1-7-8-4-2-3-5-9(8)11-6-10-7;1-4-7-5(2)9-6(3)8-4;1-4-6-5(2)8(3)7-4;1-2-4-6-5-3-1;2*1-2-4-5-3-1;11*1-2/h2-7H,1H3,(H,10,11);1-3H3;1-3H3;1-5H;1,3-4H,2H2;1-3H,4H2;11*1-2H3. The summed E-state index contributed by atoms with van der Waals surface area (Å²) in [6.45, 7) is 56.4. The molecule has 1 N–H and O–H groups in total. The molecule has 0 fully saturated rings. The van der Waals surface area contributed by atoms with Crippen molar-refractivity contribution in [1.29, 1.82) is 0 Å². The number of benzene rings is 1. The van der Waals surface area contributed by atoms with Gasteiger partial charge in [-0.1, -0.05) is 189 Å². The van der Waals surface area contributed by atoms with Crippen LogP contribution in [-0.4, -0.2) is 60.0 Å². The summed E-state index contributed by atoms with van der Waals surface area (Å²) in [7, 11) is 1.88. The van der Waals surface area contributed by atoms with Gasteiger partial charge in [0.15, 0.2) is 0 Å². The molecule has 3 aliphatic heterocycles. The summed E-state index contributed by atoms with van der Waals surface area (Å²) in [5.74, 6) is 4.17. The number of aromatic nitrogens is 7. The Morgan fingerprint density at radius 1 is 0.545 bits per heavy atom. The highest BCUT2D eigenvalue weighted by molar-refractivity contribution is 5.80. The lowest BCUT2D eigenvalue weighted by Gasteiger charge is -2.16. The molecular weight excluding hydrogens is 815 g/mol. The first-order valence-corrected chi connectivity index (χ1v) is 25.3. The minimum Gasteiger partial charge on any atom is -0.346 e. The lowest BCUT2D eigenvalue weighted by atomic mass is 10.1. The van der Waals surface area contributed by atoms with Crippen LogP contribution < -0.4 is 5.32 Å². The molecule has 6 heterocycles. The van der Waals surface area contributed by atoms with Gasteiger partial charge in [0.05, 0.1) is 18.9 Å². The molecule has 4 aromatic rings. The van der Waals surface area contributed by atoms with Crippen LogP contribution in [0.3, 0.4) is 0 Å². The molecule has 1 atom stereocenters. The van der Waals surface area contributed by atoms with Crippen molar-refractivity contribution in [2.45, 2.75) is 206 Å². The second kappa shape index (κ2) is 83.4. The Hall–Kier alpha value is -5.19. The van der Waals surface area contributed by atoms with E-state index in [1.54, 1.807) is 35.8 Å². The lowest BCUT2D eigenvalue weighted by molar-refractivity contribution is 0.728. The van der Waals surface area contributed by atoms with Crippen molar-refractivity contribution in [3.8, 4) is 0 Å². The number of hydrogen-bond donors (Lipinski definition) is 1. The van der Waals surface area contributed by atoms with Crippen molar-refractivity contribution in [3.05, 3.63) is 114 Å². The Morgan fingerprint density at radius 2 is 1.00 bits per heavy atom. The summed E-state index contributed by atoms with van der Waals surface area (Å²) in [4.78, 5) is 31.7. The molecule has 11 heteroatoms. The van der Waals surface area contributed by atoms with Crippen LogP contribution in [0.25, 0.3) is 0 Å². The number of allylic oxidation sites excluding steroid dienone is 2. The van der Waals surface area contributed by atoms with E-state index in [0.29, 0.717) is 6.04 Å². The van der Waals surface area contributed by atoms with Gasteiger partial charge in [-0.3, -0.25) is 24.6 Å². The first-order chi connectivity index (χ1) is 32.3. The first-order valence-electron chi connectivity index (χ1n) is 25.3. The van der Waals surface area contributed by atoms with Crippen molar-refractivity contribution < 1.29 is 0 Å². The molecule has 0 amide bonds. The fourth-order valence-corrected chi connectivity index (χ4v) is 3.61. The lowest BCUT2D eigenvalue weighted by Crippen LogP contribution is -2.07. The molecule has 0 saturated carbocycles. The van der Waals surface area contributed by atoms with Crippen LogP contribution in [0.2, 0.25) is 0 Å². The number of para-hydroxylation sites is 1. The van der Waals surface area contributed by atoms with E-state index in [1.807, 2.05) is 249 Å². The van der Waals surface area contributed by atoms with Gasteiger partial charge in [-0.15, -0.1) is 0 Å². The van der Waals surface area contributed by atoms with E-state index in [0.717, 1.165) is 42.1 Å². The Labute approximate surface area is 411 Å². The van der Waals surface area contributed by atoms with Crippen LogP contribution in [0, 0.1) is 34.6 Å². The highest BCUT2D eigenvalue weighted by Crippen LogP contribution is 2.26. The number of aliphatic imine (C=N–C) groups is 3. The maximum Gasteiger partial charge on any atom is 0.147 e. The van der Waals surface area contributed by atoms with Gasteiger partial charge < -0.3 is 5.32 Å². The van der Waals surface area contributed by atoms with Crippen molar-refractivity contribution in [1.82, 2.24) is 34.7 Å². The molecule has 0 spiro atoms. The number of aryl methyl sites for hydroxylation is 6. The number of nitrogens with one attached hydrogen (secondary N) is 1. The van der Waals surface area contributed by atoms with E-state index >= 15 is 0 Å². The second-order valence-electron chi connectivity index (χ2n) is 9.41. The highest BCUT2D eigenvalue weighted by atomic mass is 15.3. The van der Waals surface area contributed by atoms with Crippen LogP contribution in [0.5, 0.6) is 0 Å². The third-order valence-electron chi connectivity index (χ3n) is 5.63. The zero-order chi connectivity index (χ0) is 54.0. The molecule has 11 nitrogen and oxygen atoms in total. The molecule has 3 aromatic heterocycles. The third-order valence-corrected chi connectivity index (χ3v) is 5.63. The van der Waals surface area contributed by atoms with Crippen molar-refractivity contribution >= 4 is 24.5 Å². The number of nitrogens with zero attached hydrogens (tertiary/aromatic N) is 10. The molecule has 0 radical (unpaired) electrons. The van der Waals surface area contributed by atoms with E-state index in [1.165, 1.54) is 11.3 Å². The monoisotopic (exact) mass is 924 g/mol. The largest absolute Gasteiger partial charge is 0.346 e. The van der Waals surface area contributed by atoms with E-state index < -0.39 is 0 Å². The van der Waals surface area contributed by atoms with Gasteiger partial charge in [-0.25, -0.2) is 19.9 Å². The van der Waals surface area contributed by atoms with Crippen LogP contribution in [0.1, 0.15) is 206 Å². The molecular formula is C55H109N11. The Morgan fingerprint density at radius 3 is 1.23 bits per heavy atom. The number of fused-ring (bicyclic) bond motifs is 1. The molecule has 1 aromatic carbocycles. The van der Waals surface area contributed by atoms with Gasteiger partial charge >= 0.3 is 0 Å². The summed E-state index contributed by atoms with van der Waals surface area (Å²) in [5.41, 5.74) is 2.45. The van der Waals surface area contributed by atoms with Gasteiger partial charge in [0, 0.05) is 50.2 Å². The van der Waals surface area contributed by atoms with Gasteiger partial charge in [-0.05, 0) is 71.4 Å². The van der Waals surface area contributed by atoms with E-state index in [2.05, 4.69) is 69.4 Å². The number of pyridine rings is 1. The SMILES string of the molecule is C1=CCN=C1.C1=CN=CC1.CC.CC.CC.CC.CC.CC.CC.CC.CC.CC.CC.CC1N=CNc2ccccc21.Cc1nc(C)n(C)n1.Cc1nc(C)nc(C)n1.c1ccncc1. The van der Waals surface area contributed by atoms with Crippen LogP contribution in [0.15, 0.2) is 94.3 Å². The molecule has 0 saturated heterocycles. The molecule has 1 unspecified atom stereocenters. The van der Waals surface area contributed by atoms with Gasteiger partial charge in [-0.2, -0.15) is 5.10 Å². The maximum absolute atomic E-state index is 4.24. The smallest absolute Gasteiger partial charge is 0.147 e. The number of rotatable bonds is 0. The number of hydrogen-bond acceptors (Lipinski definition) is 10. The summed E-state index contributed by atoms with van der Waals surface area (Å²) < 4.78 is 1.76. The van der Waals surface area contributed by atoms with Crippen LogP contribution in [-0.2, 0) is 7.05 Å². The summed E-state index contributed by atoms with van der Waals surface area (Å²) in [6.07, 6.45) is 17.7. The van der Waals surface area contributed by atoms with Crippen molar-refractivity contribution in [2.24, 2.45) is 22.0 Å². The normalized spacial score (nSPS) is 10.3. The van der Waals surface area contributed by atoms with E-state index in [-0.39, 0.29) is 0 Å². The third kappa shape index (κ3) is 63.1. The number of anilines is 1. The summed E-state index contributed by atoms with van der Waals surface area (Å²) in [6, 6.07) is 14.2. The maximum atomic E-state index is 4.24. The van der Waals surface area contributed by atoms with Gasteiger partial charge in [0.1, 0.15) is 29.1 Å².